The van der Waals surface area contributed by atoms with E-state index < -0.39 is 0 Å². The first kappa shape index (κ1) is 10.0. The van der Waals surface area contributed by atoms with Gasteiger partial charge in [-0.25, -0.2) is 0 Å². The molecule has 72 valence electrons. The Labute approximate surface area is 75.5 Å². The summed E-state index contributed by atoms with van der Waals surface area (Å²) in [6.07, 6.45) is 5.14. The number of hydrogen-bond donors (Lipinski definition) is 1. The van der Waals surface area contributed by atoms with Crippen molar-refractivity contribution in [3.8, 4) is 0 Å². The molecule has 1 aliphatic carbocycles. The Bertz CT molecular complexity index is 116. The van der Waals surface area contributed by atoms with E-state index in [1.165, 1.54) is 12.8 Å². The fourth-order valence-electron chi connectivity index (χ4n) is 1.62. The van der Waals surface area contributed by atoms with Crippen molar-refractivity contribution in [2.75, 3.05) is 6.61 Å². The Balaban J connectivity index is 1.95. The molecule has 0 spiro atoms. The number of ether oxygens (including phenoxy) is 1. The standard InChI is InChI=1S/C10H21NO/c1-3-4-8(2)7-12-10-5-9(11)6-10/h8-10H,3-7,11H2,1-2H3. The lowest BCUT2D eigenvalue weighted by atomic mass is 9.90. The summed E-state index contributed by atoms with van der Waals surface area (Å²) in [6.45, 7) is 5.39. The van der Waals surface area contributed by atoms with E-state index in [2.05, 4.69) is 13.8 Å². The van der Waals surface area contributed by atoms with Gasteiger partial charge in [-0.15, -0.1) is 0 Å². The number of nitrogens with two attached hydrogens (primary N) is 1. The van der Waals surface area contributed by atoms with Crippen molar-refractivity contribution >= 4 is 0 Å². The summed E-state index contributed by atoms with van der Waals surface area (Å²) < 4.78 is 5.68. The minimum Gasteiger partial charge on any atom is -0.378 e. The monoisotopic (exact) mass is 171 g/mol. The van der Waals surface area contributed by atoms with Gasteiger partial charge < -0.3 is 10.5 Å². The van der Waals surface area contributed by atoms with Crippen LogP contribution in [0, 0.1) is 5.92 Å². The van der Waals surface area contributed by atoms with Gasteiger partial charge in [-0.05, 0) is 25.2 Å². The Morgan fingerprint density at radius 3 is 2.67 bits per heavy atom. The number of hydrogen-bond acceptors (Lipinski definition) is 2. The Hall–Kier alpha value is -0.0800. The summed E-state index contributed by atoms with van der Waals surface area (Å²) >= 11 is 0. The van der Waals surface area contributed by atoms with E-state index in [-0.39, 0.29) is 0 Å². The van der Waals surface area contributed by atoms with Gasteiger partial charge >= 0.3 is 0 Å². The molecule has 1 aliphatic rings. The van der Waals surface area contributed by atoms with Crippen LogP contribution in [-0.2, 0) is 4.74 Å². The predicted octanol–water partition coefficient (Wildman–Crippen LogP) is 1.93. The lowest BCUT2D eigenvalue weighted by Crippen LogP contribution is -2.42. The molecule has 1 rings (SSSR count). The lowest BCUT2D eigenvalue weighted by molar-refractivity contribution is -0.0237. The van der Waals surface area contributed by atoms with Crippen LogP contribution in [0.2, 0.25) is 0 Å². The molecule has 0 bridgehead atoms. The first-order valence-electron chi connectivity index (χ1n) is 5.09. The van der Waals surface area contributed by atoms with Crippen molar-refractivity contribution in [2.45, 2.75) is 51.7 Å². The molecule has 1 atom stereocenters. The molecule has 2 heteroatoms. The average molecular weight is 171 g/mol. The highest BCUT2D eigenvalue weighted by molar-refractivity contribution is 4.82. The quantitative estimate of drug-likeness (QED) is 0.686. The second-order valence-electron chi connectivity index (χ2n) is 4.08. The topological polar surface area (TPSA) is 35.2 Å². The maximum Gasteiger partial charge on any atom is 0.0604 e. The third-order valence-corrected chi connectivity index (χ3v) is 2.53. The first-order valence-corrected chi connectivity index (χ1v) is 5.09. The molecule has 0 aliphatic heterocycles. The van der Waals surface area contributed by atoms with Gasteiger partial charge in [0, 0.05) is 12.6 Å². The van der Waals surface area contributed by atoms with Gasteiger partial charge in [-0.3, -0.25) is 0 Å². The van der Waals surface area contributed by atoms with Gasteiger partial charge in [0.05, 0.1) is 6.10 Å². The predicted molar refractivity (Wildman–Crippen MR) is 51.0 cm³/mol. The fourth-order valence-corrected chi connectivity index (χ4v) is 1.62. The van der Waals surface area contributed by atoms with Gasteiger partial charge in [0.2, 0.25) is 0 Å². The Morgan fingerprint density at radius 2 is 2.17 bits per heavy atom. The molecule has 1 unspecified atom stereocenters. The number of rotatable bonds is 5. The van der Waals surface area contributed by atoms with Crippen LogP contribution in [0.15, 0.2) is 0 Å². The highest BCUT2D eigenvalue weighted by atomic mass is 16.5. The van der Waals surface area contributed by atoms with Crippen LogP contribution < -0.4 is 5.73 Å². The smallest absolute Gasteiger partial charge is 0.0604 e. The highest BCUT2D eigenvalue weighted by Crippen LogP contribution is 2.22. The third-order valence-electron chi connectivity index (χ3n) is 2.53. The zero-order valence-electron chi connectivity index (χ0n) is 8.25. The van der Waals surface area contributed by atoms with E-state index in [0.29, 0.717) is 18.1 Å². The van der Waals surface area contributed by atoms with Crippen molar-refractivity contribution in [1.82, 2.24) is 0 Å². The summed E-state index contributed by atoms with van der Waals surface area (Å²) in [5, 5.41) is 0. The largest absolute Gasteiger partial charge is 0.378 e. The van der Waals surface area contributed by atoms with E-state index >= 15 is 0 Å². The van der Waals surface area contributed by atoms with Gasteiger partial charge in [0.1, 0.15) is 0 Å². The minimum atomic E-state index is 0.413. The molecule has 1 saturated carbocycles. The maximum atomic E-state index is 5.68. The zero-order valence-corrected chi connectivity index (χ0v) is 8.25. The molecule has 0 aromatic carbocycles. The van der Waals surface area contributed by atoms with E-state index in [9.17, 15) is 0 Å². The van der Waals surface area contributed by atoms with E-state index in [1.807, 2.05) is 0 Å². The van der Waals surface area contributed by atoms with Crippen LogP contribution in [0.5, 0.6) is 0 Å². The summed E-state index contributed by atoms with van der Waals surface area (Å²) in [5.74, 6) is 0.715. The molecular formula is C10H21NO. The highest BCUT2D eigenvalue weighted by Gasteiger charge is 2.26. The van der Waals surface area contributed by atoms with Gasteiger partial charge in [-0.2, -0.15) is 0 Å². The van der Waals surface area contributed by atoms with Gasteiger partial charge in [-0.1, -0.05) is 20.3 Å². The first-order chi connectivity index (χ1) is 5.72. The molecule has 0 aromatic rings. The van der Waals surface area contributed by atoms with Crippen LogP contribution in [0.25, 0.3) is 0 Å². The van der Waals surface area contributed by atoms with E-state index in [0.717, 1.165) is 19.4 Å². The van der Waals surface area contributed by atoms with Crippen molar-refractivity contribution in [2.24, 2.45) is 11.7 Å². The van der Waals surface area contributed by atoms with E-state index in [1.54, 1.807) is 0 Å². The summed E-state index contributed by atoms with van der Waals surface area (Å²) in [6, 6.07) is 0.413. The molecule has 0 saturated heterocycles. The molecule has 2 nitrogen and oxygen atoms in total. The lowest BCUT2D eigenvalue weighted by Gasteiger charge is -2.33. The molecule has 1 fully saturated rings. The van der Waals surface area contributed by atoms with Crippen molar-refractivity contribution in [3.63, 3.8) is 0 Å². The van der Waals surface area contributed by atoms with Crippen LogP contribution in [0.4, 0.5) is 0 Å². The Kier molecular flexibility index (Phi) is 4.02. The molecule has 0 radical (unpaired) electrons. The third kappa shape index (κ3) is 3.11. The summed E-state index contributed by atoms with van der Waals surface area (Å²) in [7, 11) is 0. The molecular weight excluding hydrogens is 150 g/mol. The molecule has 2 N–H and O–H groups in total. The molecule has 0 amide bonds. The normalized spacial score (nSPS) is 31.2. The van der Waals surface area contributed by atoms with Crippen LogP contribution in [0.1, 0.15) is 39.5 Å². The van der Waals surface area contributed by atoms with Crippen LogP contribution in [0.3, 0.4) is 0 Å². The second kappa shape index (κ2) is 4.83. The van der Waals surface area contributed by atoms with Crippen molar-refractivity contribution in [1.29, 1.82) is 0 Å². The molecule has 0 aromatic heterocycles. The average Bonchev–Trinajstić information content (AvgIpc) is 1.96. The van der Waals surface area contributed by atoms with Crippen LogP contribution >= 0.6 is 0 Å². The van der Waals surface area contributed by atoms with Crippen LogP contribution in [-0.4, -0.2) is 18.8 Å². The fraction of sp³-hybridized carbons (Fsp3) is 1.00. The maximum absolute atomic E-state index is 5.68. The van der Waals surface area contributed by atoms with Gasteiger partial charge in [0.15, 0.2) is 0 Å². The van der Waals surface area contributed by atoms with Gasteiger partial charge in [0.25, 0.3) is 0 Å². The second-order valence-corrected chi connectivity index (χ2v) is 4.08. The van der Waals surface area contributed by atoms with Crippen molar-refractivity contribution < 1.29 is 4.74 Å². The summed E-state index contributed by atoms with van der Waals surface area (Å²) in [5.41, 5.74) is 5.65. The molecule has 12 heavy (non-hydrogen) atoms. The van der Waals surface area contributed by atoms with Crippen molar-refractivity contribution in [3.05, 3.63) is 0 Å². The Morgan fingerprint density at radius 1 is 1.50 bits per heavy atom. The summed E-state index contributed by atoms with van der Waals surface area (Å²) in [4.78, 5) is 0. The molecule has 0 heterocycles. The SMILES string of the molecule is CCCC(C)COC1CC(N)C1. The zero-order chi connectivity index (χ0) is 8.97. The minimum absolute atomic E-state index is 0.413. The van der Waals surface area contributed by atoms with E-state index in [4.69, 9.17) is 10.5 Å².